The minimum atomic E-state index is -2.08. The summed E-state index contributed by atoms with van der Waals surface area (Å²) in [7, 11) is 0. The maximum absolute atomic E-state index is 9.86. The molecule has 0 aliphatic heterocycles. The Labute approximate surface area is 143 Å². The van der Waals surface area contributed by atoms with E-state index in [9.17, 15) is 19.8 Å². The molecule has 0 bridgehead atoms. The molecule has 0 fully saturated rings. The van der Waals surface area contributed by atoms with E-state index in [1.807, 2.05) is 0 Å². The Balaban J connectivity index is -0.000000105. The number of carbonyl (C=O) groups excluding carboxylic acids is 2. The van der Waals surface area contributed by atoms with Gasteiger partial charge in [-0.2, -0.15) is 0 Å². The molecule has 0 aliphatic carbocycles. The van der Waals surface area contributed by atoms with Crippen molar-refractivity contribution in [3.05, 3.63) is 0 Å². The molecule has 1 atom stereocenters. The Morgan fingerprint density at radius 2 is 1.50 bits per heavy atom. The molecule has 0 saturated heterocycles. The predicted molar refractivity (Wildman–Crippen MR) is 41.0 cm³/mol. The van der Waals surface area contributed by atoms with Gasteiger partial charge >= 0.3 is 67.3 Å². The fourth-order valence-electron chi connectivity index (χ4n) is 0.391. The van der Waals surface area contributed by atoms with E-state index in [0.717, 1.165) is 0 Å². The molecule has 0 aromatic heterocycles. The van der Waals surface area contributed by atoms with Crippen LogP contribution >= 0.6 is 0 Å². The Hall–Kier alpha value is 0.430. The average molecular weight is 269 g/mol. The van der Waals surface area contributed by atoms with Gasteiger partial charge in [0, 0.05) is 12.0 Å². The Morgan fingerprint density at radius 1 is 1.19 bits per heavy atom. The maximum Gasteiger partial charge on any atom is 2.00 e. The van der Waals surface area contributed by atoms with Crippen LogP contribution < -0.4 is 50.6 Å². The van der Waals surface area contributed by atoms with Crippen molar-refractivity contribution in [1.82, 2.24) is 0 Å². The third kappa shape index (κ3) is 29.3. The largest absolute Gasteiger partial charge is 2.00 e. The second kappa shape index (κ2) is 15.4. The molecule has 0 amide bonds. The van der Waals surface area contributed by atoms with Crippen LogP contribution in [0.25, 0.3) is 0 Å². The van der Waals surface area contributed by atoms with E-state index in [1.54, 1.807) is 0 Å². The van der Waals surface area contributed by atoms with Crippen LogP contribution in [0.5, 0.6) is 0 Å². The second-order valence-electron chi connectivity index (χ2n) is 2.10. The minimum absolute atomic E-state index is 0. The molecule has 82 valence electrons. The summed E-state index contributed by atoms with van der Waals surface area (Å²) in [6, 6.07) is -1.21. The fraction of sp³-hybridized carbons (Fsp3) is 0.500. The zero-order valence-electron chi connectivity index (χ0n) is 8.67. The maximum atomic E-state index is 9.86. The number of rotatable bonds is 4. The third-order valence-corrected chi connectivity index (χ3v) is 0.962. The zero-order chi connectivity index (χ0) is 11.7. The van der Waals surface area contributed by atoms with Gasteiger partial charge in [-0.3, -0.25) is 0 Å². The summed E-state index contributed by atoms with van der Waals surface area (Å²) in [6.07, 6.45) is -2.58. The van der Waals surface area contributed by atoms with E-state index in [0.29, 0.717) is 0 Å². The Kier molecular flexibility index (Phi) is 24.4. The van der Waals surface area contributed by atoms with E-state index in [-0.39, 0.29) is 80.1 Å². The van der Waals surface area contributed by atoms with Gasteiger partial charge in [-0.25, -0.2) is 0 Å². The van der Waals surface area contributed by atoms with E-state index in [2.05, 4.69) is 0 Å². The molecule has 0 unspecified atom stereocenters. The first kappa shape index (κ1) is 25.3. The van der Waals surface area contributed by atoms with Gasteiger partial charge in [-0.15, -0.1) is 0 Å². The normalized spacial score (nSPS) is 9.31. The molecule has 10 heteroatoms. The van der Waals surface area contributed by atoms with Crippen LogP contribution in [-0.2, 0) is 9.59 Å². The van der Waals surface area contributed by atoms with E-state index < -0.39 is 24.1 Å². The first-order valence-corrected chi connectivity index (χ1v) is 3.33. The van der Waals surface area contributed by atoms with Crippen molar-refractivity contribution >= 4 is 55.8 Å². The van der Waals surface area contributed by atoms with Gasteiger partial charge in [0.1, 0.15) is 0 Å². The van der Waals surface area contributed by atoms with Crippen LogP contribution in [0, 0.1) is 0 Å². The smallest absolute Gasteiger partial charge is 0.565 e. The molecule has 0 heterocycles. The monoisotopic (exact) mass is 269 g/mol. The summed E-state index contributed by atoms with van der Waals surface area (Å²) in [6.45, 7) is 0. The number of carboxylic acid groups (broad SMARTS) is 4. The van der Waals surface area contributed by atoms with Crippen LogP contribution in [0.4, 0.5) is 4.79 Å². The summed E-state index contributed by atoms with van der Waals surface area (Å²) in [4.78, 5) is 28.1. The predicted octanol–water partition coefficient (Wildman–Crippen LogP) is -7.90. The summed E-state index contributed by atoms with van der Waals surface area (Å²) >= 11 is 0. The first-order chi connectivity index (χ1) is 6.27. The quantitative estimate of drug-likeness (QED) is 0.474. The number of hydrogen-bond donors (Lipinski definition) is 2. The van der Waals surface area contributed by atoms with Crippen LogP contribution in [0.3, 0.4) is 0 Å². The molecule has 0 aromatic carbocycles. The van der Waals surface area contributed by atoms with Crippen molar-refractivity contribution in [3.63, 3.8) is 0 Å². The standard InChI is InChI=1S/C5H9NO4.CH2O3.Ca.Na/c6-3(5(9)10)1-2-4(7)8;2-1(3)4;;/h3H,1-2,6H2,(H,7,8)(H,9,10);(H2,2,3,4);;/q;;+2;+1/p-3/t3-;;;/m0.../s1. The van der Waals surface area contributed by atoms with Crippen molar-refractivity contribution in [2.45, 2.75) is 18.9 Å². The molecular weight excluding hydrogens is 261 g/mol. The average Bonchev–Trinajstić information content (AvgIpc) is 1.98. The molecule has 0 saturated carbocycles. The van der Waals surface area contributed by atoms with Crippen LogP contribution in [-0.4, -0.2) is 67.0 Å². The summed E-state index contributed by atoms with van der Waals surface area (Å²) in [5.41, 5.74) is 4.91. The molecule has 0 spiro atoms. The van der Waals surface area contributed by atoms with Crippen molar-refractivity contribution < 1.29 is 64.4 Å². The number of carboxylic acids is 2. The second-order valence-corrected chi connectivity index (χ2v) is 2.10. The van der Waals surface area contributed by atoms with Gasteiger partial charge < -0.3 is 40.5 Å². The van der Waals surface area contributed by atoms with Crippen LogP contribution in [0.15, 0.2) is 0 Å². The molecule has 0 aliphatic rings. The minimum Gasteiger partial charge on any atom is -0.565 e. The molecular formula is C6H8CaNNaO7. The van der Waals surface area contributed by atoms with Gasteiger partial charge in [-0.1, -0.05) is 0 Å². The van der Waals surface area contributed by atoms with Crippen molar-refractivity contribution in [1.29, 1.82) is 0 Å². The zero-order valence-corrected chi connectivity index (χ0v) is 12.9. The summed E-state index contributed by atoms with van der Waals surface area (Å²) in [5, 5.41) is 34.9. The SMILES string of the molecule is N[C@@H](CCC(=O)[O-])C(=O)[O-].O=C([O-])O.[Ca+2].[Na+]. The van der Waals surface area contributed by atoms with E-state index in [1.165, 1.54) is 0 Å². The first-order valence-electron chi connectivity index (χ1n) is 3.33. The van der Waals surface area contributed by atoms with Gasteiger partial charge in [-0.05, 0) is 12.8 Å². The number of hydrogen-bond acceptors (Lipinski definition) is 7. The molecule has 16 heavy (non-hydrogen) atoms. The third-order valence-electron chi connectivity index (χ3n) is 0.962. The van der Waals surface area contributed by atoms with Gasteiger partial charge in [0.05, 0.1) is 5.97 Å². The molecule has 0 rings (SSSR count). The van der Waals surface area contributed by atoms with Gasteiger partial charge in [0.25, 0.3) is 0 Å². The summed E-state index contributed by atoms with van der Waals surface area (Å²) < 4.78 is 0. The van der Waals surface area contributed by atoms with Crippen molar-refractivity contribution in [3.8, 4) is 0 Å². The molecule has 3 N–H and O–H groups in total. The van der Waals surface area contributed by atoms with Crippen molar-refractivity contribution in [2.24, 2.45) is 5.73 Å². The number of aliphatic carboxylic acids is 2. The van der Waals surface area contributed by atoms with Crippen LogP contribution in [0.2, 0.25) is 0 Å². The van der Waals surface area contributed by atoms with Gasteiger partial charge in [0.2, 0.25) is 6.16 Å². The molecule has 0 aromatic rings. The Bertz CT molecular complexity index is 221. The summed E-state index contributed by atoms with van der Waals surface area (Å²) in [5.74, 6) is -2.75. The fourth-order valence-corrected chi connectivity index (χ4v) is 0.391. The van der Waals surface area contributed by atoms with Crippen LogP contribution in [0.1, 0.15) is 12.8 Å². The molecule has 8 nitrogen and oxygen atoms in total. The number of nitrogens with two attached hydrogens (primary N) is 1. The van der Waals surface area contributed by atoms with Crippen molar-refractivity contribution in [2.75, 3.05) is 0 Å². The van der Waals surface area contributed by atoms with E-state index >= 15 is 0 Å². The molecule has 0 radical (unpaired) electrons. The number of carbonyl (C=O) groups is 3. The topological polar surface area (TPSA) is 167 Å². The van der Waals surface area contributed by atoms with E-state index in [4.69, 9.17) is 20.7 Å². The Morgan fingerprint density at radius 3 is 1.69 bits per heavy atom. The van der Waals surface area contributed by atoms with Gasteiger partial charge in [0.15, 0.2) is 0 Å².